The predicted octanol–water partition coefficient (Wildman–Crippen LogP) is 4.01. The van der Waals surface area contributed by atoms with E-state index in [1.165, 1.54) is 0 Å². The maximum atomic E-state index is 12.7. The number of rotatable bonds is 3. The minimum absolute atomic E-state index is 0.140. The van der Waals surface area contributed by atoms with Crippen LogP contribution in [0.15, 0.2) is 51.7 Å². The van der Waals surface area contributed by atoms with Crippen molar-refractivity contribution < 1.29 is 9.53 Å². The van der Waals surface area contributed by atoms with E-state index in [9.17, 15) is 9.59 Å². The first kappa shape index (κ1) is 16.8. The largest absolute Gasteiger partial charge is 0.461 e. The number of aromatic amines is 1. The lowest BCUT2D eigenvalue weighted by molar-refractivity contribution is 0.0512. The first-order valence-corrected chi connectivity index (χ1v) is 9.27. The fourth-order valence-electron chi connectivity index (χ4n) is 3.43. The van der Waals surface area contributed by atoms with Gasteiger partial charge < -0.3 is 14.3 Å². The molecule has 0 aliphatic carbocycles. The molecule has 1 aliphatic heterocycles. The Bertz CT molecular complexity index is 1050. The van der Waals surface area contributed by atoms with Crippen molar-refractivity contribution in [2.75, 3.05) is 6.61 Å². The van der Waals surface area contributed by atoms with Crippen LogP contribution in [0, 0.1) is 0 Å². The highest BCUT2D eigenvalue weighted by Gasteiger charge is 2.27. The Balaban J connectivity index is 1.85. The Kier molecular flexibility index (Phi) is 4.28. The summed E-state index contributed by atoms with van der Waals surface area (Å²) in [5.41, 5.74) is 4.55. The van der Waals surface area contributed by atoms with E-state index >= 15 is 0 Å². The molecule has 1 aliphatic rings. The Morgan fingerprint density at radius 2 is 2.04 bits per heavy atom. The standard InChI is InChI=1S/C20H17BrN2O3/c1-2-26-20(25)18-15(21)11-16-17-13(8-9-23(16)18)10-14(19(24)22-17)12-6-4-3-5-7-12/h3-7,10-11H,2,8-9H2,1H3,(H,22,24). The zero-order valence-corrected chi connectivity index (χ0v) is 15.8. The molecule has 0 radical (unpaired) electrons. The van der Waals surface area contributed by atoms with E-state index in [-0.39, 0.29) is 11.5 Å². The molecular formula is C20H17BrN2O3. The van der Waals surface area contributed by atoms with Gasteiger partial charge in [0.15, 0.2) is 0 Å². The summed E-state index contributed by atoms with van der Waals surface area (Å²) in [6, 6.07) is 13.4. The highest BCUT2D eigenvalue weighted by Crippen LogP contribution is 2.35. The molecular weight excluding hydrogens is 396 g/mol. The second kappa shape index (κ2) is 6.61. The fourth-order valence-corrected chi connectivity index (χ4v) is 4.02. The van der Waals surface area contributed by atoms with Gasteiger partial charge in [-0.25, -0.2) is 4.79 Å². The van der Waals surface area contributed by atoms with Gasteiger partial charge in [0, 0.05) is 12.1 Å². The molecule has 3 aromatic rings. The van der Waals surface area contributed by atoms with Gasteiger partial charge in [-0.2, -0.15) is 0 Å². The molecule has 26 heavy (non-hydrogen) atoms. The number of halogens is 1. The second-order valence-corrected chi connectivity index (χ2v) is 6.98. The summed E-state index contributed by atoms with van der Waals surface area (Å²) in [5, 5.41) is 0. The van der Waals surface area contributed by atoms with Crippen molar-refractivity contribution in [1.82, 2.24) is 9.55 Å². The fraction of sp³-hybridized carbons (Fsp3) is 0.200. The molecule has 0 atom stereocenters. The van der Waals surface area contributed by atoms with E-state index < -0.39 is 0 Å². The van der Waals surface area contributed by atoms with Crippen molar-refractivity contribution >= 4 is 21.9 Å². The van der Waals surface area contributed by atoms with E-state index in [1.807, 2.05) is 47.0 Å². The molecule has 0 saturated heterocycles. The highest BCUT2D eigenvalue weighted by atomic mass is 79.9. The quantitative estimate of drug-likeness (QED) is 0.661. The topological polar surface area (TPSA) is 64.1 Å². The Labute approximate surface area is 158 Å². The summed E-state index contributed by atoms with van der Waals surface area (Å²) in [5.74, 6) is -0.364. The number of fused-ring (bicyclic) bond motifs is 3. The van der Waals surface area contributed by atoms with Gasteiger partial charge in [0.05, 0.1) is 22.5 Å². The molecule has 0 saturated carbocycles. The molecule has 1 aromatic carbocycles. The number of hydrogen-bond donors (Lipinski definition) is 1. The predicted molar refractivity (Wildman–Crippen MR) is 103 cm³/mol. The summed E-state index contributed by atoms with van der Waals surface area (Å²) in [6.45, 7) is 2.76. The van der Waals surface area contributed by atoms with Gasteiger partial charge in [0.2, 0.25) is 0 Å². The number of ether oxygens (including phenoxy) is 1. The van der Waals surface area contributed by atoms with Crippen molar-refractivity contribution in [3.63, 3.8) is 0 Å². The number of benzene rings is 1. The number of hydrogen-bond acceptors (Lipinski definition) is 3. The summed E-state index contributed by atoms with van der Waals surface area (Å²) in [6.07, 6.45) is 0.729. The SMILES string of the molecule is CCOC(=O)c1c(Br)cc2n1CCc1cc(-c3ccccc3)c(=O)[nH]c1-2. The van der Waals surface area contributed by atoms with Gasteiger partial charge in [-0.05, 0) is 52.5 Å². The number of carbonyl (C=O) groups is 1. The van der Waals surface area contributed by atoms with Crippen LogP contribution in [-0.2, 0) is 17.7 Å². The van der Waals surface area contributed by atoms with Crippen LogP contribution in [0.5, 0.6) is 0 Å². The smallest absolute Gasteiger partial charge is 0.356 e. The molecule has 5 nitrogen and oxygen atoms in total. The number of H-pyrrole nitrogens is 1. The minimum atomic E-state index is -0.364. The van der Waals surface area contributed by atoms with Crippen LogP contribution in [0.1, 0.15) is 23.0 Å². The number of carbonyl (C=O) groups excluding carboxylic acids is 1. The van der Waals surface area contributed by atoms with Crippen molar-refractivity contribution in [3.05, 3.63) is 68.5 Å². The Morgan fingerprint density at radius 1 is 1.27 bits per heavy atom. The van der Waals surface area contributed by atoms with Crippen LogP contribution in [0.2, 0.25) is 0 Å². The third-order valence-electron chi connectivity index (χ3n) is 4.59. The molecule has 2 aromatic heterocycles. The molecule has 132 valence electrons. The number of aryl methyl sites for hydroxylation is 1. The van der Waals surface area contributed by atoms with E-state index in [2.05, 4.69) is 20.9 Å². The number of nitrogens with one attached hydrogen (secondary N) is 1. The van der Waals surface area contributed by atoms with E-state index in [4.69, 9.17) is 4.74 Å². The summed E-state index contributed by atoms with van der Waals surface area (Å²) < 4.78 is 7.74. The van der Waals surface area contributed by atoms with Gasteiger partial charge in [-0.15, -0.1) is 0 Å². The average Bonchev–Trinajstić information content (AvgIpc) is 2.98. The third-order valence-corrected chi connectivity index (χ3v) is 5.19. The lowest BCUT2D eigenvalue weighted by Crippen LogP contribution is -2.21. The van der Waals surface area contributed by atoms with Crippen LogP contribution in [0.25, 0.3) is 22.5 Å². The van der Waals surface area contributed by atoms with Gasteiger partial charge in [-0.3, -0.25) is 4.79 Å². The monoisotopic (exact) mass is 412 g/mol. The van der Waals surface area contributed by atoms with Crippen molar-refractivity contribution in [2.24, 2.45) is 0 Å². The van der Waals surface area contributed by atoms with Crippen LogP contribution in [0.4, 0.5) is 0 Å². The first-order valence-electron chi connectivity index (χ1n) is 8.48. The summed E-state index contributed by atoms with van der Waals surface area (Å²) in [4.78, 5) is 27.9. The Hall–Kier alpha value is -2.60. The minimum Gasteiger partial charge on any atom is -0.461 e. The first-order chi connectivity index (χ1) is 12.6. The molecule has 6 heteroatoms. The van der Waals surface area contributed by atoms with Gasteiger partial charge in [0.1, 0.15) is 5.69 Å². The molecule has 0 unspecified atom stereocenters. The average molecular weight is 413 g/mol. The molecule has 0 fully saturated rings. The Morgan fingerprint density at radius 3 is 2.77 bits per heavy atom. The molecule has 0 bridgehead atoms. The maximum absolute atomic E-state index is 12.7. The lowest BCUT2D eigenvalue weighted by Gasteiger charge is -2.21. The molecule has 1 N–H and O–H groups in total. The highest BCUT2D eigenvalue weighted by molar-refractivity contribution is 9.10. The number of aromatic nitrogens is 2. The van der Waals surface area contributed by atoms with Gasteiger partial charge in [-0.1, -0.05) is 30.3 Å². The molecule has 0 amide bonds. The zero-order valence-electron chi connectivity index (χ0n) is 14.2. The number of pyridine rings is 1. The molecule has 0 spiro atoms. The van der Waals surface area contributed by atoms with Crippen LogP contribution >= 0.6 is 15.9 Å². The van der Waals surface area contributed by atoms with Gasteiger partial charge >= 0.3 is 5.97 Å². The summed E-state index contributed by atoms with van der Waals surface area (Å²) >= 11 is 3.46. The van der Waals surface area contributed by atoms with Crippen LogP contribution < -0.4 is 5.56 Å². The van der Waals surface area contributed by atoms with E-state index in [1.54, 1.807) is 6.92 Å². The van der Waals surface area contributed by atoms with E-state index in [0.29, 0.717) is 28.9 Å². The maximum Gasteiger partial charge on any atom is 0.356 e. The number of nitrogens with zero attached hydrogens (tertiary/aromatic N) is 1. The third kappa shape index (κ3) is 2.70. The lowest BCUT2D eigenvalue weighted by atomic mass is 9.99. The van der Waals surface area contributed by atoms with E-state index in [0.717, 1.165) is 28.9 Å². The number of esters is 1. The molecule has 4 rings (SSSR count). The van der Waals surface area contributed by atoms with Crippen molar-refractivity contribution in [3.8, 4) is 22.5 Å². The van der Waals surface area contributed by atoms with Crippen molar-refractivity contribution in [2.45, 2.75) is 19.9 Å². The van der Waals surface area contributed by atoms with Crippen molar-refractivity contribution in [1.29, 1.82) is 0 Å². The van der Waals surface area contributed by atoms with Crippen LogP contribution in [-0.4, -0.2) is 22.1 Å². The van der Waals surface area contributed by atoms with Crippen LogP contribution in [0.3, 0.4) is 0 Å². The normalized spacial score (nSPS) is 12.4. The summed E-state index contributed by atoms with van der Waals surface area (Å²) in [7, 11) is 0. The second-order valence-electron chi connectivity index (χ2n) is 6.13. The molecule has 3 heterocycles. The zero-order chi connectivity index (χ0) is 18.3. The van der Waals surface area contributed by atoms with Gasteiger partial charge in [0.25, 0.3) is 5.56 Å².